The van der Waals surface area contributed by atoms with Crippen LogP contribution in [0.2, 0.25) is 0 Å². The Morgan fingerprint density at radius 1 is 1.45 bits per heavy atom. The number of imidazole rings is 1. The zero-order valence-electron chi connectivity index (χ0n) is 12.5. The van der Waals surface area contributed by atoms with Crippen LogP contribution in [0.3, 0.4) is 0 Å². The Labute approximate surface area is 124 Å². The van der Waals surface area contributed by atoms with Crippen LogP contribution in [0.4, 0.5) is 0 Å². The predicted molar refractivity (Wildman–Crippen MR) is 82.4 cm³/mol. The zero-order chi connectivity index (χ0) is 14.1. The lowest BCUT2D eigenvalue weighted by Gasteiger charge is -2.28. The third-order valence-corrected chi connectivity index (χ3v) is 5.34. The minimum Gasteiger partial charge on any atom is -0.381 e. The van der Waals surface area contributed by atoms with Gasteiger partial charge in [0.2, 0.25) is 0 Å². The second-order valence-corrected chi connectivity index (χ2v) is 6.59. The van der Waals surface area contributed by atoms with Crippen LogP contribution in [0.25, 0.3) is 4.96 Å². The van der Waals surface area contributed by atoms with Crippen molar-refractivity contribution in [2.45, 2.75) is 46.2 Å². The molecule has 1 atom stereocenters. The molecule has 4 nitrogen and oxygen atoms in total. The molecule has 1 unspecified atom stereocenters. The summed E-state index contributed by atoms with van der Waals surface area (Å²) >= 11 is 1.72. The molecule has 0 amide bonds. The molecule has 1 aliphatic heterocycles. The maximum atomic E-state index is 5.44. The van der Waals surface area contributed by atoms with Crippen molar-refractivity contribution in [3.8, 4) is 0 Å². The molecule has 20 heavy (non-hydrogen) atoms. The number of hydrogen-bond donors (Lipinski definition) is 1. The van der Waals surface area contributed by atoms with E-state index in [1.54, 1.807) is 11.3 Å². The summed E-state index contributed by atoms with van der Waals surface area (Å²) in [5.41, 5.74) is 3.73. The molecule has 1 saturated heterocycles. The topological polar surface area (TPSA) is 38.6 Å². The fourth-order valence-corrected chi connectivity index (χ4v) is 3.95. The first-order valence-corrected chi connectivity index (χ1v) is 8.28. The molecule has 1 fully saturated rings. The van der Waals surface area contributed by atoms with Crippen LogP contribution in [0.15, 0.2) is 5.38 Å². The van der Waals surface area contributed by atoms with Gasteiger partial charge in [0.25, 0.3) is 0 Å². The lowest BCUT2D eigenvalue weighted by Crippen LogP contribution is -2.36. The Balaban J connectivity index is 1.70. The molecule has 3 rings (SSSR count). The van der Waals surface area contributed by atoms with Crippen LogP contribution in [0.1, 0.15) is 36.8 Å². The summed E-state index contributed by atoms with van der Waals surface area (Å²) in [6, 6.07) is 0.530. The van der Waals surface area contributed by atoms with Gasteiger partial charge in [-0.05, 0) is 39.5 Å². The van der Waals surface area contributed by atoms with Gasteiger partial charge in [0.15, 0.2) is 4.96 Å². The summed E-state index contributed by atoms with van der Waals surface area (Å²) in [6.45, 7) is 9.27. The van der Waals surface area contributed by atoms with E-state index < -0.39 is 0 Å². The van der Waals surface area contributed by atoms with Crippen LogP contribution < -0.4 is 5.32 Å². The van der Waals surface area contributed by atoms with Crippen molar-refractivity contribution in [2.75, 3.05) is 13.2 Å². The molecule has 1 N–H and O–H groups in total. The second-order valence-electron chi connectivity index (χ2n) is 5.76. The van der Waals surface area contributed by atoms with E-state index in [1.165, 1.54) is 24.2 Å². The van der Waals surface area contributed by atoms with Crippen molar-refractivity contribution in [2.24, 2.45) is 5.92 Å². The minimum absolute atomic E-state index is 0.530. The molecule has 0 aliphatic carbocycles. The van der Waals surface area contributed by atoms with Gasteiger partial charge >= 0.3 is 0 Å². The summed E-state index contributed by atoms with van der Waals surface area (Å²) in [6.07, 6.45) is 2.35. The van der Waals surface area contributed by atoms with E-state index in [9.17, 15) is 0 Å². The first-order valence-electron chi connectivity index (χ1n) is 7.40. The van der Waals surface area contributed by atoms with Crippen LogP contribution in [-0.2, 0) is 11.3 Å². The van der Waals surface area contributed by atoms with Crippen molar-refractivity contribution in [1.29, 1.82) is 0 Å². The number of rotatable bonds is 4. The Bertz CT molecular complexity index is 583. The Kier molecular flexibility index (Phi) is 4.10. The van der Waals surface area contributed by atoms with Gasteiger partial charge < -0.3 is 10.1 Å². The van der Waals surface area contributed by atoms with E-state index in [0.29, 0.717) is 6.04 Å². The SMILES string of the molecule is Cc1nc2scc(C)n2c1CNC(C)C1CCOCC1. The smallest absolute Gasteiger partial charge is 0.194 e. The minimum atomic E-state index is 0.530. The average molecular weight is 293 g/mol. The molecule has 1 aliphatic rings. The highest BCUT2D eigenvalue weighted by Crippen LogP contribution is 2.22. The molecule has 3 heterocycles. The average Bonchev–Trinajstić information content (AvgIpc) is 2.97. The number of hydrogen-bond acceptors (Lipinski definition) is 4. The number of fused-ring (bicyclic) bond motifs is 1. The van der Waals surface area contributed by atoms with E-state index in [1.807, 2.05) is 0 Å². The van der Waals surface area contributed by atoms with Gasteiger partial charge in [-0.2, -0.15) is 0 Å². The quantitative estimate of drug-likeness (QED) is 0.942. The molecule has 110 valence electrons. The zero-order valence-corrected chi connectivity index (χ0v) is 13.3. The highest BCUT2D eigenvalue weighted by Gasteiger charge is 2.21. The van der Waals surface area contributed by atoms with Gasteiger partial charge in [0, 0.05) is 36.9 Å². The fraction of sp³-hybridized carbons (Fsp3) is 0.667. The molecule has 2 aromatic rings. The normalized spacial score (nSPS) is 18.8. The first-order chi connectivity index (χ1) is 9.66. The summed E-state index contributed by atoms with van der Waals surface area (Å²) in [7, 11) is 0. The van der Waals surface area contributed by atoms with Crippen LogP contribution in [-0.4, -0.2) is 28.6 Å². The Hall–Kier alpha value is -0.910. The summed E-state index contributed by atoms with van der Waals surface area (Å²) in [5, 5.41) is 5.87. The van der Waals surface area contributed by atoms with Gasteiger partial charge in [0.05, 0.1) is 11.4 Å². The van der Waals surface area contributed by atoms with Gasteiger partial charge in [-0.15, -0.1) is 11.3 Å². The van der Waals surface area contributed by atoms with Crippen LogP contribution in [0.5, 0.6) is 0 Å². The number of nitrogens with zero attached hydrogens (tertiary/aromatic N) is 2. The number of aryl methyl sites for hydroxylation is 2. The van der Waals surface area contributed by atoms with E-state index in [-0.39, 0.29) is 0 Å². The number of aromatic nitrogens is 2. The lowest BCUT2D eigenvalue weighted by atomic mass is 9.93. The molecule has 0 spiro atoms. The molecule has 2 aromatic heterocycles. The predicted octanol–water partition coefficient (Wildman–Crippen LogP) is 2.92. The third-order valence-electron chi connectivity index (χ3n) is 4.39. The van der Waals surface area contributed by atoms with Crippen molar-refractivity contribution in [3.63, 3.8) is 0 Å². The summed E-state index contributed by atoms with van der Waals surface area (Å²) in [4.78, 5) is 5.75. The largest absolute Gasteiger partial charge is 0.381 e. The molecule has 0 aromatic carbocycles. The molecule has 5 heteroatoms. The Morgan fingerprint density at radius 2 is 2.20 bits per heavy atom. The molecular formula is C15H23N3OS. The summed E-state index contributed by atoms with van der Waals surface area (Å²) < 4.78 is 7.72. The van der Waals surface area contributed by atoms with E-state index in [2.05, 4.69) is 40.9 Å². The molecular weight excluding hydrogens is 270 g/mol. The van der Waals surface area contributed by atoms with Gasteiger partial charge in [-0.25, -0.2) is 4.98 Å². The third kappa shape index (κ3) is 2.62. The van der Waals surface area contributed by atoms with Crippen molar-refractivity contribution in [1.82, 2.24) is 14.7 Å². The van der Waals surface area contributed by atoms with Crippen molar-refractivity contribution >= 4 is 16.3 Å². The van der Waals surface area contributed by atoms with E-state index in [0.717, 1.165) is 36.3 Å². The fourth-order valence-electron chi connectivity index (χ4n) is 3.02. The number of thiazole rings is 1. The summed E-state index contributed by atoms with van der Waals surface area (Å²) in [5.74, 6) is 0.732. The number of nitrogens with one attached hydrogen (secondary N) is 1. The van der Waals surface area contributed by atoms with Crippen molar-refractivity contribution in [3.05, 3.63) is 22.5 Å². The highest BCUT2D eigenvalue weighted by molar-refractivity contribution is 7.15. The monoisotopic (exact) mass is 293 g/mol. The molecule has 0 radical (unpaired) electrons. The van der Waals surface area contributed by atoms with Gasteiger partial charge in [0.1, 0.15) is 0 Å². The maximum absolute atomic E-state index is 5.44. The lowest BCUT2D eigenvalue weighted by molar-refractivity contribution is 0.0557. The second kappa shape index (κ2) is 5.84. The highest BCUT2D eigenvalue weighted by atomic mass is 32.1. The molecule has 0 saturated carbocycles. The van der Waals surface area contributed by atoms with Gasteiger partial charge in [-0.1, -0.05) is 0 Å². The molecule has 0 bridgehead atoms. The van der Waals surface area contributed by atoms with Crippen LogP contribution in [0, 0.1) is 19.8 Å². The van der Waals surface area contributed by atoms with Crippen LogP contribution >= 0.6 is 11.3 Å². The van der Waals surface area contributed by atoms with E-state index in [4.69, 9.17) is 4.74 Å². The Morgan fingerprint density at radius 3 is 2.95 bits per heavy atom. The maximum Gasteiger partial charge on any atom is 0.194 e. The van der Waals surface area contributed by atoms with E-state index >= 15 is 0 Å². The number of ether oxygens (including phenoxy) is 1. The van der Waals surface area contributed by atoms with Gasteiger partial charge in [-0.3, -0.25) is 4.40 Å². The van der Waals surface area contributed by atoms with Crippen molar-refractivity contribution < 1.29 is 4.74 Å². The first kappa shape index (κ1) is 14.0. The standard InChI is InChI=1S/C15H23N3OS/c1-10-9-20-15-17-12(3)14(18(10)15)8-16-11(2)13-4-6-19-7-5-13/h9,11,13,16H,4-8H2,1-3H3.